The molecular weight excluding hydrogens is 314 g/mol. The van der Waals surface area contributed by atoms with E-state index in [9.17, 15) is 9.59 Å². The fourth-order valence-electron chi connectivity index (χ4n) is 4.41. The summed E-state index contributed by atoms with van der Waals surface area (Å²) in [4.78, 5) is 29.9. The van der Waals surface area contributed by atoms with E-state index in [1.54, 1.807) is 17.8 Å². The van der Waals surface area contributed by atoms with E-state index >= 15 is 0 Å². The lowest BCUT2D eigenvalue weighted by Gasteiger charge is -2.43. The minimum atomic E-state index is 0.00742. The molecule has 1 aromatic heterocycles. The molecule has 0 spiro atoms. The molecule has 25 heavy (non-hydrogen) atoms. The summed E-state index contributed by atoms with van der Waals surface area (Å²) >= 11 is 0. The fraction of sp³-hybridized carbons (Fsp3) is 0.600. The Morgan fingerprint density at radius 2 is 1.92 bits per heavy atom. The van der Waals surface area contributed by atoms with E-state index in [0.717, 1.165) is 43.1 Å². The molecule has 0 radical (unpaired) electrons. The predicted molar refractivity (Wildman–Crippen MR) is 98.7 cm³/mol. The van der Waals surface area contributed by atoms with Crippen molar-refractivity contribution < 1.29 is 4.79 Å². The van der Waals surface area contributed by atoms with Crippen LogP contribution in [0.2, 0.25) is 0 Å². The van der Waals surface area contributed by atoms with Crippen molar-refractivity contribution in [3.05, 3.63) is 39.3 Å². The summed E-state index contributed by atoms with van der Waals surface area (Å²) in [6.07, 6.45) is 12.4. The molecule has 4 rings (SSSR count). The van der Waals surface area contributed by atoms with Crippen LogP contribution in [0.5, 0.6) is 0 Å². The first-order valence-corrected chi connectivity index (χ1v) is 9.46. The van der Waals surface area contributed by atoms with Gasteiger partial charge in [-0.3, -0.25) is 9.59 Å². The van der Waals surface area contributed by atoms with Crippen LogP contribution >= 0.6 is 0 Å². The monoisotopic (exact) mass is 341 g/mol. The van der Waals surface area contributed by atoms with Crippen molar-refractivity contribution in [1.82, 2.24) is 14.4 Å². The minimum absolute atomic E-state index is 0.00742. The van der Waals surface area contributed by atoms with Crippen LogP contribution in [0.25, 0.3) is 6.08 Å². The molecule has 1 aliphatic heterocycles. The van der Waals surface area contributed by atoms with Crippen LogP contribution in [0.3, 0.4) is 0 Å². The maximum Gasteiger partial charge on any atom is 0.255 e. The molecule has 1 amide bonds. The van der Waals surface area contributed by atoms with Crippen LogP contribution in [-0.2, 0) is 13.5 Å². The molecule has 2 fully saturated rings. The standard InChI is InChI=1S/C20H27N3O2/c1-21-13-18(16-7-4-8-17(16)19(21)24)20(25)22(2)14-9-11-23(12-10-14)15-5-3-6-15/h4,7,13-15H,3,5-6,8-12H2,1-2H3. The van der Waals surface area contributed by atoms with E-state index in [1.165, 1.54) is 19.3 Å². The Bertz CT molecular complexity index is 768. The lowest BCUT2D eigenvalue weighted by molar-refractivity contribution is 0.0498. The van der Waals surface area contributed by atoms with Crippen LogP contribution in [-0.4, -0.2) is 52.5 Å². The van der Waals surface area contributed by atoms with Gasteiger partial charge in [0.1, 0.15) is 0 Å². The number of hydrogen-bond acceptors (Lipinski definition) is 3. The van der Waals surface area contributed by atoms with Crippen molar-refractivity contribution in [2.75, 3.05) is 20.1 Å². The van der Waals surface area contributed by atoms with Crippen molar-refractivity contribution in [2.24, 2.45) is 7.05 Å². The lowest BCUT2D eigenvalue weighted by Crippen LogP contribution is -2.50. The van der Waals surface area contributed by atoms with Gasteiger partial charge in [-0.25, -0.2) is 0 Å². The Morgan fingerprint density at radius 3 is 2.56 bits per heavy atom. The summed E-state index contributed by atoms with van der Waals surface area (Å²) in [6.45, 7) is 2.19. The highest BCUT2D eigenvalue weighted by molar-refractivity contribution is 5.98. The first-order valence-electron chi connectivity index (χ1n) is 9.46. The van der Waals surface area contributed by atoms with Crippen molar-refractivity contribution >= 4 is 12.0 Å². The number of nitrogens with zero attached hydrogens (tertiary/aromatic N) is 3. The zero-order valence-electron chi connectivity index (χ0n) is 15.2. The molecule has 134 valence electrons. The number of carbonyl (C=O) groups excluding carboxylic acids is 1. The molecule has 0 unspecified atom stereocenters. The Morgan fingerprint density at radius 1 is 1.20 bits per heavy atom. The number of hydrogen-bond donors (Lipinski definition) is 0. The summed E-state index contributed by atoms with van der Waals surface area (Å²) in [5, 5.41) is 0. The van der Waals surface area contributed by atoms with Crippen molar-refractivity contribution in [2.45, 2.75) is 50.6 Å². The third-order valence-electron chi connectivity index (χ3n) is 6.31. The molecular formula is C20H27N3O2. The number of likely N-dealkylation sites (tertiary alicyclic amines) is 1. The van der Waals surface area contributed by atoms with Crippen molar-refractivity contribution in [3.8, 4) is 0 Å². The quantitative estimate of drug-likeness (QED) is 0.845. The average Bonchev–Trinajstić information content (AvgIpc) is 3.06. The van der Waals surface area contributed by atoms with Gasteiger partial charge in [-0.15, -0.1) is 0 Å². The van der Waals surface area contributed by atoms with Gasteiger partial charge in [0, 0.05) is 51.0 Å². The van der Waals surface area contributed by atoms with Gasteiger partial charge in [0.15, 0.2) is 0 Å². The highest BCUT2D eigenvalue weighted by Gasteiger charge is 2.32. The van der Waals surface area contributed by atoms with Gasteiger partial charge in [-0.2, -0.15) is 0 Å². The number of piperidine rings is 1. The summed E-state index contributed by atoms with van der Waals surface area (Å²) in [7, 11) is 3.65. The third-order valence-corrected chi connectivity index (χ3v) is 6.31. The molecule has 2 heterocycles. The van der Waals surface area contributed by atoms with Gasteiger partial charge < -0.3 is 14.4 Å². The molecule has 3 aliphatic rings. The number of rotatable bonds is 3. The number of pyridine rings is 1. The van der Waals surface area contributed by atoms with E-state index in [4.69, 9.17) is 0 Å². The number of amides is 1. The Kier molecular flexibility index (Phi) is 4.28. The van der Waals surface area contributed by atoms with E-state index < -0.39 is 0 Å². The fourth-order valence-corrected chi connectivity index (χ4v) is 4.41. The summed E-state index contributed by atoms with van der Waals surface area (Å²) in [5.41, 5.74) is 2.25. The first-order chi connectivity index (χ1) is 12.1. The molecule has 5 heteroatoms. The highest BCUT2D eigenvalue weighted by Crippen LogP contribution is 2.29. The molecule has 0 atom stereocenters. The first kappa shape index (κ1) is 16.6. The van der Waals surface area contributed by atoms with Gasteiger partial charge in [0.2, 0.25) is 0 Å². The molecule has 5 nitrogen and oxygen atoms in total. The Labute approximate surface area is 148 Å². The number of aromatic nitrogens is 1. The summed E-state index contributed by atoms with van der Waals surface area (Å²) < 4.78 is 1.55. The van der Waals surface area contributed by atoms with E-state index in [1.807, 2.05) is 24.1 Å². The second kappa shape index (κ2) is 6.45. The second-order valence-corrected chi connectivity index (χ2v) is 7.73. The van der Waals surface area contributed by atoms with Gasteiger partial charge >= 0.3 is 0 Å². The molecule has 2 aliphatic carbocycles. The minimum Gasteiger partial charge on any atom is -0.339 e. The summed E-state index contributed by atoms with van der Waals surface area (Å²) in [6, 6.07) is 1.08. The van der Waals surface area contributed by atoms with E-state index in [0.29, 0.717) is 18.0 Å². The van der Waals surface area contributed by atoms with Crippen LogP contribution in [0.1, 0.15) is 53.6 Å². The molecule has 1 saturated carbocycles. The lowest BCUT2D eigenvalue weighted by atomic mass is 9.89. The third kappa shape index (κ3) is 2.84. The second-order valence-electron chi connectivity index (χ2n) is 7.73. The van der Waals surface area contributed by atoms with Crippen LogP contribution in [0, 0.1) is 0 Å². The SMILES string of the molecule is CN(C(=O)c1cn(C)c(=O)c2c1C=CC2)C1CCN(C2CCC2)CC1. The van der Waals surface area contributed by atoms with Gasteiger partial charge in [-0.1, -0.05) is 18.6 Å². The normalized spacial score (nSPS) is 21.2. The number of allylic oxidation sites excluding steroid dienone is 1. The van der Waals surface area contributed by atoms with Crippen LogP contribution in [0.4, 0.5) is 0 Å². The van der Waals surface area contributed by atoms with Crippen LogP contribution < -0.4 is 5.56 Å². The largest absolute Gasteiger partial charge is 0.339 e. The summed E-state index contributed by atoms with van der Waals surface area (Å²) in [5.74, 6) is 0.0421. The predicted octanol–water partition coefficient (Wildman–Crippen LogP) is 2.04. The van der Waals surface area contributed by atoms with Crippen LogP contribution in [0.15, 0.2) is 17.1 Å². The topological polar surface area (TPSA) is 45.6 Å². The Balaban J connectivity index is 1.50. The molecule has 1 saturated heterocycles. The molecule has 0 N–H and O–H groups in total. The molecule has 0 bridgehead atoms. The Hall–Kier alpha value is -1.88. The van der Waals surface area contributed by atoms with Crippen molar-refractivity contribution in [1.29, 1.82) is 0 Å². The zero-order valence-corrected chi connectivity index (χ0v) is 15.2. The maximum absolute atomic E-state index is 13.1. The molecule has 0 aromatic carbocycles. The van der Waals surface area contributed by atoms with Gasteiger partial charge in [0.05, 0.1) is 5.56 Å². The highest BCUT2D eigenvalue weighted by atomic mass is 16.2. The number of fused-ring (bicyclic) bond motifs is 1. The smallest absolute Gasteiger partial charge is 0.255 e. The van der Waals surface area contributed by atoms with E-state index in [-0.39, 0.29) is 11.5 Å². The van der Waals surface area contributed by atoms with E-state index in [2.05, 4.69) is 4.90 Å². The average molecular weight is 341 g/mol. The number of carbonyl (C=O) groups is 1. The zero-order chi connectivity index (χ0) is 17.6. The molecule has 1 aromatic rings. The van der Waals surface area contributed by atoms with Crippen molar-refractivity contribution in [3.63, 3.8) is 0 Å². The van der Waals surface area contributed by atoms with Gasteiger partial charge in [-0.05, 0) is 37.7 Å². The van der Waals surface area contributed by atoms with Gasteiger partial charge in [0.25, 0.3) is 11.5 Å². The number of aryl methyl sites for hydroxylation is 1. The maximum atomic E-state index is 13.1.